The number of imide groups is 1. The molecule has 0 aromatic heterocycles. The highest BCUT2D eigenvalue weighted by molar-refractivity contribution is 5.97. The number of rotatable bonds is 2. The molecule has 1 heterocycles. The number of likely N-dealkylation sites (tertiary alicyclic amines) is 1. The van der Waals surface area contributed by atoms with Gasteiger partial charge < -0.3 is 9.47 Å². The average Bonchev–Trinajstić information content (AvgIpc) is 2.26. The van der Waals surface area contributed by atoms with Crippen LogP contribution < -0.4 is 0 Å². The number of amides is 2. The maximum atomic E-state index is 12.0. The zero-order chi connectivity index (χ0) is 14.6. The number of carbonyl (C=O) groups excluding carboxylic acids is 3. The van der Waals surface area contributed by atoms with Gasteiger partial charge in [-0.2, -0.15) is 0 Å². The van der Waals surface area contributed by atoms with Gasteiger partial charge in [0, 0.05) is 6.42 Å². The Labute approximate surface area is 113 Å². The van der Waals surface area contributed by atoms with Crippen molar-refractivity contribution < 1.29 is 23.9 Å². The van der Waals surface area contributed by atoms with Crippen LogP contribution in [0.2, 0.25) is 0 Å². The Bertz CT molecular complexity index is 372. The van der Waals surface area contributed by atoms with E-state index in [2.05, 4.69) is 0 Å². The fourth-order valence-corrected chi connectivity index (χ4v) is 1.87. The van der Waals surface area contributed by atoms with Gasteiger partial charge in [-0.1, -0.05) is 0 Å². The Hall–Kier alpha value is -1.59. The summed E-state index contributed by atoms with van der Waals surface area (Å²) in [7, 11) is 0. The summed E-state index contributed by atoms with van der Waals surface area (Å²) in [4.78, 5) is 36.6. The van der Waals surface area contributed by atoms with E-state index in [9.17, 15) is 14.4 Å². The molecule has 6 heteroatoms. The minimum absolute atomic E-state index is 0.214. The van der Waals surface area contributed by atoms with Gasteiger partial charge in [-0.15, -0.1) is 0 Å². The Morgan fingerprint density at radius 2 is 2.00 bits per heavy atom. The molecular formula is C13H21NO5. The molecule has 108 valence electrons. The Morgan fingerprint density at radius 3 is 2.53 bits per heavy atom. The summed E-state index contributed by atoms with van der Waals surface area (Å²) in [5.41, 5.74) is -0.714. The summed E-state index contributed by atoms with van der Waals surface area (Å²) in [6.45, 7) is 7.02. The molecule has 19 heavy (non-hydrogen) atoms. The summed E-state index contributed by atoms with van der Waals surface area (Å²) in [5.74, 6) is -0.944. The second-order valence-corrected chi connectivity index (χ2v) is 5.40. The van der Waals surface area contributed by atoms with Crippen LogP contribution in [0, 0.1) is 0 Å². The summed E-state index contributed by atoms with van der Waals surface area (Å²) in [6.07, 6.45) is 0.455. The first-order chi connectivity index (χ1) is 8.76. The third kappa shape index (κ3) is 4.22. The first-order valence-corrected chi connectivity index (χ1v) is 6.48. The van der Waals surface area contributed by atoms with E-state index in [0.717, 1.165) is 4.90 Å². The third-order valence-corrected chi connectivity index (χ3v) is 2.60. The van der Waals surface area contributed by atoms with Gasteiger partial charge in [0.1, 0.15) is 11.6 Å². The zero-order valence-electron chi connectivity index (χ0n) is 11.9. The number of ether oxygens (including phenoxy) is 2. The smallest absolute Gasteiger partial charge is 0.417 e. The fraction of sp³-hybridized carbons (Fsp3) is 0.769. The highest BCUT2D eigenvalue weighted by Gasteiger charge is 2.40. The molecule has 0 aliphatic carbocycles. The van der Waals surface area contributed by atoms with Crippen molar-refractivity contribution in [2.45, 2.75) is 58.6 Å². The van der Waals surface area contributed by atoms with E-state index in [1.807, 2.05) is 0 Å². The summed E-state index contributed by atoms with van der Waals surface area (Å²) < 4.78 is 10.1. The lowest BCUT2D eigenvalue weighted by Crippen LogP contribution is -2.53. The molecule has 0 unspecified atom stereocenters. The quantitative estimate of drug-likeness (QED) is 0.717. The van der Waals surface area contributed by atoms with Gasteiger partial charge in [0.25, 0.3) is 0 Å². The molecule has 0 N–H and O–H groups in total. The average molecular weight is 271 g/mol. The lowest BCUT2D eigenvalue weighted by atomic mass is 10.0. The lowest BCUT2D eigenvalue weighted by Gasteiger charge is -2.33. The molecule has 0 radical (unpaired) electrons. The number of esters is 1. The van der Waals surface area contributed by atoms with Gasteiger partial charge in [0.2, 0.25) is 5.91 Å². The topological polar surface area (TPSA) is 72.9 Å². The van der Waals surface area contributed by atoms with Crippen LogP contribution in [-0.2, 0) is 19.1 Å². The molecule has 0 spiro atoms. The van der Waals surface area contributed by atoms with Gasteiger partial charge in [0.05, 0.1) is 6.61 Å². The van der Waals surface area contributed by atoms with Gasteiger partial charge in [-0.05, 0) is 40.5 Å². The molecule has 1 saturated heterocycles. The Balaban J connectivity index is 2.86. The first kappa shape index (κ1) is 15.5. The second-order valence-electron chi connectivity index (χ2n) is 5.40. The first-order valence-electron chi connectivity index (χ1n) is 6.48. The van der Waals surface area contributed by atoms with Crippen LogP contribution in [0.4, 0.5) is 4.79 Å². The predicted octanol–water partition coefficient (Wildman–Crippen LogP) is 1.87. The normalized spacial score (nSPS) is 20.1. The molecule has 1 aliphatic heterocycles. The van der Waals surface area contributed by atoms with Crippen LogP contribution in [0.25, 0.3) is 0 Å². The lowest BCUT2D eigenvalue weighted by molar-refractivity contribution is -0.156. The summed E-state index contributed by atoms with van der Waals surface area (Å²) in [5, 5.41) is 0. The van der Waals surface area contributed by atoms with Crippen molar-refractivity contribution in [3.63, 3.8) is 0 Å². The number of nitrogens with zero attached hydrogens (tertiary/aromatic N) is 1. The van der Waals surface area contributed by atoms with E-state index in [-0.39, 0.29) is 13.0 Å². The molecule has 0 aromatic rings. The van der Waals surface area contributed by atoms with Crippen molar-refractivity contribution in [3.05, 3.63) is 0 Å². The summed E-state index contributed by atoms with van der Waals surface area (Å²) in [6, 6.07) is -0.865. The number of piperidine rings is 1. The van der Waals surface area contributed by atoms with E-state index in [0.29, 0.717) is 12.8 Å². The van der Waals surface area contributed by atoms with Crippen molar-refractivity contribution in [1.29, 1.82) is 0 Å². The minimum atomic E-state index is -0.865. The number of carbonyl (C=O) groups is 3. The second kappa shape index (κ2) is 6.04. The Morgan fingerprint density at radius 1 is 1.37 bits per heavy atom. The molecule has 0 aromatic carbocycles. The monoisotopic (exact) mass is 271 g/mol. The van der Waals surface area contributed by atoms with Crippen molar-refractivity contribution in [3.8, 4) is 0 Å². The maximum absolute atomic E-state index is 12.0. The van der Waals surface area contributed by atoms with E-state index < -0.39 is 29.6 Å². The molecule has 6 nitrogen and oxygen atoms in total. The molecule has 1 fully saturated rings. The van der Waals surface area contributed by atoms with E-state index in [1.54, 1.807) is 27.7 Å². The number of hydrogen-bond acceptors (Lipinski definition) is 5. The standard InChI is InChI=1S/C13H21NO5/c1-5-18-11(16)9-7-6-8-10(15)14(9)12(17)19-13(2,3)4/h9H,5-8H2,1-4H3/t9-/m1/s1. The van der Waals surface area contributed by atoms with Gasteiger partial charge >= 0.3 is 12.1 Å². The molecule has 1 atom stereocenters. The highest BCUT2D eigenvalue weighted by atomic mass is 16.6. The van der Waals surface area contributed by atoms with Crippen LogP contribution in [0.1, 0.15) is 47.0 Å². The molecule has 1 aliphatic rings. The van der Waals surface area contributed by atoms with Crippen LogP contribution in [-0.4, -0.2) is 41.1 Å². The predicted molar refractivity (Wildman–Crippen MR) is 67.4 cm³/mol. The largest absolute Gasteiger partial charge is 0.464 e. The SMILES string of the molecule is CCOC(=O)[C@H]1CCCC(=O)N1C(=O)OC(C)(C)C. The van der Waals surface area contributed by atoms with Crippen molar-refractivity contribution in [2.24, 2.45) is 0 Å². The van der Waals surface area contributed by atoms with Crippen molar-refractivity contribution in [2.75, 3.05) is 6.61 Å². The van der Waals surface area contributed by atoms with Crippen molar-refractivity contribution in [1.82, 2.24) is 4.90 Å². The van der Waals surface area contributed by atoms with Gasteiger partial charge in [-0.3, -0.25) is 4.79 Å². The van der Waals surface area contributed by atoms with E-state index >= 15 is 0 Å². The van der Waals surface area contributed by atoms with Crippen LogP contribution in [0.3, 0.4) is 0 Å². The fourth-order valence-electron chi connectivity index (χ4n) is 1.87. The minimum Gasteiger partial charge on any atom is -0.464 e. The maximum Gasteiger partial charge on any atom is 0.417 e. The molecule has 2 amide bonds. The van der Waals surface area contributed by atoms with Gasteiger partial charge in [-0.25, -0.2) is 14.5 Å². The van der Waals surface area contributed by atoms with Crippen LogP contribution >= 0.6 is 0 Å². The van der Waals surface area contributed by atoms with Crippen LogP contribution in [0.15, 0.2) is 0 Å². The molecule has 0 saturated carbocycles. The molecule has 1 rings (SSSR count). The zero-order valence-corrected chi connectivity index (χ0v) is 11.9. The summed E-state index contributed by atoms with van der Waals surface area (Å²) >= 11 is 0. The van der Waals surface area contributed by atoms with E-state index in [4.69, 9.17) is 9.47 Å². The number of hydrogen-bond donors (Lipinski definition) is 0. The van der Waals surface area contributed by atoms with Gasteiger partial charge in [0.15, 0.2) is 0 Å². The highest BCUT2D eigenvalue weighted by Crippen LogP contribution is 2.22. The Kier molecular flexibility index (Phi) is 4.91. The third-order valence-electron chi connectivity index (χ3n) is 2.60. The van der Waals surface area contributed by atoms with Crippen molar-refractivity contribution >= 4 is 18.0 Å². The molecular weight excluding hydrogens is 250 g/mol. The van der Waals surface area contributed by atoms with Crippen LogP contribution in [0.5, 0.6) is 0 Å². The molecule has 0 bridgehead atoms. The van der Waals surface area contributed by atoms with E-state index in [1.165, 1.54) is 0 Å².